The van der Waals surface area contributed by atoms with E-state index in [1.54, 1.807) is 23.0 Å². The zero-order valence-corrected chi connectivity index (χ0v) is 19.1. The molecule has 0 spiro atoms. The zero-order valence-electron chi connectivity index (χ0n) is 19.1. The molecule has 4 aromatic rings. The molecule has 1 saturated heterocycles. The number of benzene rings is 2. The van der Waals surface area contributed by atoms with E-state index in [-0.39, 0.29) is 5.91 Å². The van der Waals surface area contributed by atoms with Gasteiger partial charge >= 0.3 is 0 Å². The van der Waals surface area contributed by atoms with E-state index in [4.69, 9.17) is 5.73 Å². The highest BCUT2D eigenvalue weighted by atomic mass is 16.2. The number of carbonyl (C=O) groups excluding carboxylic acids is 2. The molecule has 2 amide bonds. The van der Waals surface area contributed by atoms with Crippen LogP contribution in [0.5, 0.6) is 0 Å². The number of nitrogens with zero attached hydrogens (tertiary/aromatic N) is 4. The van der Waals surface area contributed by atoms with Gasteiger partial charge in [-0.2, -0.15) is 5.10 Å². The van der Waals surface area contributed by atoms with Crippen molar-refractivity contribution in [2.45, 2.75) is 12.8 Å². The molecule has 1 aliphatic rings. The van der Waals surface area contributed by atoms with Gasteiger partial charge in [0.05, 0.1) is 17.5 Å². The summed E-state index contributed by atoms with van der Waals surface area (Å²) in [4.78, 5) is 31.2. The molecule has 2 aromatic carbocycles. The normalized spacial score (nSPS) is 13.5. The van der Waals surface area contributed by atoms with Crippen LogP contribution in [-0.2, 0) is 7.05 Å². The van der Waals surface area contributed by atoms with Gasteiger partial charge in [-0.05, 0) is 47.9 Å². The molecule has 170 valence electrons. The van der Waals surface area contributed by atoms with Crippen LogP contribution in [0.2, 0.25) is 0 Å². The Labute approximate surface area is 197 Å². The third-order valence-electron chi connectivity index (χ3n) is 6.40. The minimum Gasteiger partial charge on any atom is -0.366 e. The van der Waals surface area contributed by atoms with Crippen molar-refractivity contribution in [3.8, 4) is 22.4 Å². The monoisotopic (exact) mass is 451 g/mol. The topological polar surface area (TPSA) is 94.1 Å². The molecule has 5 rings (SSSR count). The molecule has 2 N–H and O–H groups in total. The first-order valence-electron chi connectivity index (χ1n) is 11.1. The second-order valence-electron chi connectivity index (χ2n) is 8.73. The molecule has 1 fully saturated rings. The molecule has 0 radical (unpaired) electrons. The van der Waals surface area contributed by atoms with Crippen molar-refractivity contribution in [2.75, 3.05) is 13.1 Å². The summed E-state index contributed by atoms with van der Waals surface area (Å²) in [6.45, 7) is 3.27. The highest BCUT2D eigenvalue weighted by Gasteiger charge is 2.32. The van der Waals surface area contributed by atoms with Gasteiger partial charge in [0.15, 0.2) is 0 Å². The minimum atomic E-state index is -0.542. The molecule has 3 heterocycles. The Morgan fingerprint density at radius 2 is 1.79 bits per heavy atom. The number of nitrogens with two attached hydrogens (primary N) is 1. The van der Waals surface area contributed by atoms with Crippen LogP contribution < -0.4 is 5.73 Å². The molecule has 7 heteroatoms. The van der Waals surface area contributed by atoms with Gasteiger partial charge in [0, 0.05) is 55.1 Å². The van der Waals surface area contributed by atoms with Crippen LogP contribution >= 0.6 is 0 Å². The number of pyridine rings is 1. The van der Waals surface area contributed by atoms with Gasteiger partial charge in [0.2, 0.25) is 0 Å². The van der Waals surface area contributed by atoms with Crippen molar-refractivity contribution in [3.05, 3.63) is 95.4 Å². The summed E-state index contributed by atoms with van der Waals surface area (Å²) < 4.78 is 1.79. The van der Waals surface area contributed by atoms with Crippen LogP contribution in [0.3, 0.4) is 0 Å². The SMILES string of the molecule is Cc1ccc(C(=O)N2CC(c3ccc(-c4cnn(C)c4)cc3)C2)cc1-c1ncccc1C(N)=O. The molecule has 0 unspecified atom stereocenters. The van der Waals surface area contributed by atoms with Crippen LogP contribution in [0.25, 0.3) is 22.4 Å². The van der Waals surface area contributed by atoms with E-state index >= 15 is 0 Å². The Morgan fingerprint density at radius 1 is 1.03 bits per heavy atom. The van der Waals surface area contributed by atoms with E-state index in [0.717, 1.165) is 22.3 Å². The Bertz CT molecular complexity index is 1380. The molecule has 0 saturated carbocycles. The fraction of sp³-hybridized carbons (Fsp3) is 0.185. The average Bonchev–Trinajstić information content (AvgIpc) is 3.25. The van der Waals surface area contributed by atoms with Crippen molar-refractivity contribution in [2.24, 2.45) is 12.8 Å². The number of rotatable bonds is 5. The van der Waals surface area contributed by atoms with Crippen molar-refractivity contribution < 1.29 is 9.59 Å². The number of likely N-dealkylation sites (tertiary alicyclic amines) is 1. The largest absolute Gasteiger partial charge is 0.366 e. The molecule has 7 nitrogen and oxygen atoms in total. The first-order valence-corrected chi connectivity index (χ1v) is 11.1. The Balaban J connectivity index is 1.31. The van der Waals surface area contributed by atoms with E-state index in [0.29, 0.717) is 35.8 Å². The van der Waals surface area contributed by atoms with Crippen molar-refractivity contribution in [1.82, 2.24) is 19.7 Å². The van der Waals surface area contributed by atoms with Gasteiger partial charge < -0.3 is 10.6 Å². The van der Waals surface area contributed by atoms with E-state index in [9.17, 15) is 9.59 Å². The molecule has 34 heavy (non-hydrogen) atoms. The van der Waals surface area contributed by atoms with E-state index in [2.05, 4.69) is 34.3 Å². The van der Waals surface area contributed by atoms with E-state index < -0.39 is 5.91 Å². The smallest absolute Gasteiger partial charge is 0.253 e. The van der Waals surface area contributed by atoms with Gasteiger partial charge in [0.25, 0.3) is 11.8 Å². The highest BCUT2D eigenvalue weighted by Crippen LogP contribution is 2.32. The van der Waals surface area contributed by atoms with Crippen LogP contribution in [0, 0.1) is 6.92 Å². The van der Waals surface area contributed by atoms with Gasteiger partial charge in [-0.15, -0.1) is 0 Å². The summed E-state index contributed by atoms with van der Waals surface area (Å²) in [5.41, 5.74) is 12.0. The summed E-state index contributed by atoms with van der Waals surface area (Å²) in [5.74, 6) is -0.255. The fourth-order valence-corrected chi connectivity index (χ4v) is 4.38. The van der Waals surface area contributed by atoms with E-state index in [1.807, 2.05) is 49.5 Å². The maximum absolute atomic E-state index is 13.2. The quantitative estimate of drug-likeness (QED) is 0.499. The molecule has 2 aromatic heterocycles. The lowest BCUT2D eigenvalue weighted by molar-refractivity contribution is 0.0602. The minimum absolute atomic E-state index is 0.0268. The predicted molar refractivity (Wildman–Crippen MR) is 130 cm³/mol. The number of carbonyl (C=O) groups is 2. The molecule has 0 aliphatic carbocycles. The number of aryl methyl sites for hydroxylation is 2. The third kappa shape index (κ3) is 3.96. The van der Waals surface area contributed by atoms with Crippen LogP contribution in [0.15, 0.2) is 73.2 Å². The number of hydrogen-bond donors (Lipinski definition) is 1. The van der Waals surface area contributed by atoms with Gasteiger partial charge in [0.1, 0.15) is 0 Å². The Hall–Kier alpha value is -4.26. The Kier molecular flexibility index (Phi) is 5.45. The van der Waals surface area contributed by atoms with Gasteiger partial charge in [-0.25, -0.2) is 0 Å². The van der Waals surface area contributed by atoms with Crippen molar-refractivity contribution in [3.63, 3.8) is 0 Å². The van der Waals surface area contributed by atoms with Gasteiger partial charge in [-0.1, -0.05) is 30.3 Å². The number of primary amides is 1. The number of aromatic nitrogens is 3. The summed E-state index contributed by atoms with van der Waals surface area (Å²) in [5, 5.41) is 4.23. The second kappa shape index (κ2) is 8.59. The standard InChI is InChI=1S/C27H25N5O2/c1-17-5-6-20(12-24(17)25-23(26(28)33)4-3-11-29-25)27(34)32-15-22(16-32)19-9-7-18(8-10-19)21-13-30-31(2)14-21/h3-14,22H,15-16H2,1-2H3,(H2,28,33). The fourth-order valence-electron chi connectivity index (χ4n) is 4.38. The lowest BCUT2D eigenvalue weighted by Gasteiger charge is -2.39. The summed E-state index contributed by atoms with van der Waals surface area (Å²) in [6.07, 6.45) is 5.47. The van der Waals surface area contributed by atoms with Crippen molar-refractivity contribution >= 4 is 11.8 Å². The maximum Gasteiger partial charge on any atom is 0.253 e. The van der Waals surface area contributed by atoms with Crippen LogP contribution in [0.4, 0.5) is 0 Å². The average molecular weight is 452 g/mol. The molecular weight excluding hydrogens is 426 g/mol. The molecule has 0 bridgehead atoms. The molecule has 1 aliphatic heterocycles. The third-order valence-corrected chi connectivity index (χ3v) is 6.40. The summed E-state index contributed by atoms with van der Waals surface area (Å²) in [6, 6.07) is 17.3. The number of hydrogen-bond acceptors (Lipinski definition) is 4. The van der Waals surface area contributed by atoms with Crippen LogP contribution in [0.1, 0.15) is 37.8 Å². The lowest BCUT2D eigenvalue weighted by atomic mass is 9.89. The molecular formula is C27H25N5O2. The predicted octanol–water partition coefficient (Wildman–Crippen LogP) is 3.80. The van der Waals surface area contributed by atoms with Crippen LogP contribution in [-0.4, -0.2) is 44.6 Å². The number of amides is 2. The van der Waals surface area contributed by atoms with E-state index in [1.165, 1.54) is 5.56 Å². The summed E-state index contributed by atoms with van der Waals surface area (Å²) >= 11 is 0. The second-order valence-corrected chi connectivity index (χ2v) is 8.73. The zero-order chi connectivity index (χ0) is 23.8. The maximum atomic E-state index is 13.2. The van der Waals surface area contributed by atoms with Crippen molar-refractivity contribution in [1.29, 1.82) is 0 Å². The summed E-state index contributed by atoms with van der Waals surface area (Å²) in [7, 11) is 1.90. The lowest BCUT2D eigenvalue weighted by Crippen LogP contribution is -2.48. The Morgan fingerprint density at radius 3 is 2.47 bits per heavy atom. The first-order chi connectivity index (χ1) is 16.4. The first kappa shape index (κ1) is 21.6. The highest BCUT2D eigenvalue weighted by molar-refractivity contribution is 6.01. The molecule has 0 atom stereocenters. The van der Waals surface area contributed by atoms with Gasteiger partial charge in [-0.3, -0.25) is 19.3 Å².